The highest BCUT2D eigenvalue weighted by atomic mass is 19.4. The molecule has 1 rings (SSSR count). The SMILES string of the molecule is FC(F)Oc1cccc(OC(F)(F)F)c1OC(F)F. The number of hydrogen-bond donors (Lipinski definition) is 0. The molecule has 0 spiro atoms. The number of para-hydroxylation sites is 1. The van der Waals surface area contributed by atoms with E-state index in [1.165, 1.54) is 0 Å². The fraction of sp³-hybridized carbons (Fsp3) is 0.333. The van der Waals surface area contributed by atoms with Gasteiger partial charge >= 0.3 is 19.6 Å². The number of alkyl halides is 7. The molecule has 0 bridgehead atoms. The quantitative estimate of drug-likeness (QED) is 0.773. The van der Waals surface area contributed by atoms with Crippen molar-refractivity contribution in [3.05, 3.63) is 18.2 Å². The van der Waals surface area contributed by atoms with E-state index >= 15 is 0 Å². The molecule has 0 aliphatic rings. The van der Waals surface area contributed by atoms with E-state index in [0.29, 0.717) is 6.07 Å². The van der Waals surface area contributed by atoms with E-state index < -0.39 is 36.8 Å². The van der Waals surface area contributed by atoms with Crippen molar-refractivity contribution in [2.75, 3.05) is 0 Å². The molecule has 108 valence electrons. The van der Waals surface area contributed by atoms with E-state index in [-0.39, 0.29) is 0 Å². The van der Waals surface area contributed by atoms with Crippen LogP contribution in [0.15, 0.2) is 18.2 Å². The third kappa shape index (κ3) is 5.10. The summed E-state index contributed by atoms with van der Waals surface area (Å²) in [5.74, 6) is -3.49. The van der Waals surface area contributed by atoms with Crippen LogP contribution in [0.1, 0.15) is 0 Å². The Balaban J connectivity index is 3.14. The number of hydrogen-bond acceptors (Lipinski definition) is 3. The average molecular weight is 294 g/mol. The lowest BCUT2D eigenvalue weighted by Gasteiger charge is -2.16. The van der Waals surface area contributed by atoms with E-state index in [9.17, 15) is 30.7 Å². The molecule has 0 fully saturated rings. The van der Waals surface area contributed by atoms with Gasteiger partial charge in [-0.2, -0.15) is 17.6 Å². The van der Waals surface area contributed by atoms with Gasteiger partial charge in [0.1, 0.15) is 0 Å². The molecule has 0 radical (unpaired) electrons. The van der Waals surface area contributed by atoms with Gasteiger partial charge in [0.15, 0.2) is 11.5 Å². The van der Waals surface area contributed by atoms with Crippen LogP contribution < -0.4 is 14.2 Å². The Kier molecular flexibility index (Phi) is 4.67. The van der Waals surface area contributed by atoms with Crippen LogP contribution in [0.4, 0.5) is 30.7 Å². The second-order valence-corrected chi connectivity index (χ2v) is 2.89. The number of halogens is 7. The predicted octanol–water partition coefficient (Wildman–Crippen LogP) is 3.79. The summed E-state index contributed by atoms with van der Waals surface area (Å²) in [7, 11) is 0. The molecule has 1 aromatic rings. The van der Waals surface area contributed by atoms with Gasteiger partial charge in [-0.25, -0.2) is 0 Å². The Morgan fingerprint density at radius 1 is 0.842 bits per heavy atom. The molecule has 0 heterocycles. The first-order valence-corrected chi connectivity index (χ1v) is 4.47. The van der Waals surface area contributed by atoms with Crippen LogP contribution in [-0.4, -0.2) is 19.6 Å². The van der Waals surface area contributed by atoms with Crippen molar-refractivity contribution in [2.45, 2.75) is 19.6 Å². The van der Waals surface area contributed by atoms with Gasteiger partial charge in [-0.3, -0.25) is 0 Å². The van der Waals surface area contributed by atoms with E-state index in [0.717, 1.165) is 12.1 Å². The molecule has 0 N–H and O–H groups in total. The van der Waals surface area contributed by atoms with Gasteiger partial charge in [0, 0.05) is 0 Å². The third-order valence-corrected chi connectivity index (χ3v) is 1.59. The van der Waals surface area contributed by atoms with Gasteiger partial charge in [-0.05, 0) is 12.1 Å². The van der Waals surface area contributed by atoms with Crippen LogP contribution >= 0.6 is 0 Å². The summed E-state index contributed by atoms with van der Waals surface area (Å²) in [5, 5.41) is 0. The van der Waals surface area contributed by atoms with Crippen molar-refractivity contribution in [2.24, 2.45) is 0 Å². The number of rotatable bonds is 5. The van der Waals surface area contributed by atoms with E-state index in [4.69, 9.17) is 0 Å². The zero-order valence-corrected chi connectivity index (χ0v) is 8.76. The number of benzene rings is 1. The standard InChI is InChI=1S/C9H5F7O3/c10-7(11)17-4-2-1-3-5(19-9(14,15)16)6(4)18-8(12)13/h1-3,7-8H. The molecule has 0 aliphatic carbocycles. The zero-order chi connectivity index (χ0) is 14.6. The molecule has 19 heavy (non-hydrogen) atoms. The molecule has 0 saturated carbocycles. The monoisotopic (exact) mass is 294 g/mol. The van der Waals surface area contributed by atoms with Gasteiger partial charge in [0.2, 0.25) is 5.75 Å². The molecule has 10 heteroatoms. The Morgan fingerprint density at radius 3 is 1.84 bits per heavy atom. The minimum absolute atomic E-state index is 0.615. The largest absolute Gasteiger partial charge is 0.573 e. The van der Waals surface area contributed by atoms with Crippen molar-refractivity contribution in [3.8, 4) is 17.2 Å². The summed E-state index contributed by atoms with van der Waals surface area (Å²) in [6.07, 6.45) is -5.20. The maximum absolute atomic E-state index is 12.0. The lowest BCUT2D eigenvalue weighted by molar-refractivity contribution is -0.275. The Morgan fingerprint density at radius 2 is 1.37 bits per heavy atom. The van der Waals surface area contributed by atoms with Gasteiger partial charge < -0.3 is 14.2 Å². The highest BCUT2D eigenvalue weighted by molar-refractivity contribution is 5.51. The lowest BCUT2D eigenvalue weighted by Crippen LogP contribution is -2.18. The summed E-state index contributed by atoms with van der Waals surface area (Å²) in [6.45, 7) is -6.97. The maximum atomic E-state index is 12.0. The van der Waals surface area contributed by atoms with Gasteiger partial charge in [0.25, 0.3) is 0 Å². The van der Waals surface area contributed by atoms with Crippen molar-refractivity contribution in [1.82, 2.24) is 0 Å². The van der Waals surface area contributed by atoms with E-state index in [1.54, 1.807) is 0 Å². The summed E-state index contributed by atoms with van der Waals surface area (Å²) < 4.78 is 94.9. The summed E-state index contributed by atoms with van der Waals surface area (Å²) in [5.41, 5.74) is 0. The number of ether oxygens (including phenoxy) is 3. The van der Waals surface area contributed by atoms with Gasteiger partial charge in [-0.15, -0.1) is 13.2 Å². The van der Waals surface area contributed by atoms with Crippen molar-refractivity contribution in [3.63, 3.8) is 0 Å². The molecule has 0 saturated heterocycles. The zero-order valence-electron chi connectivity index (χ0n) is 8.76. The van der Waals surface area contributed by atoms with Gasteiger partial charge in [-0.1, -0.05) is 6.07 Å². The highest BCUT2D eigenvalue weighted by Crippen LogP contribution is 2.41. The van der Waals surface area contributed by atoms with Gasteiger partial charge in [0.05, 0.1) is 0 Å². The average Bonchev–Trinajstić information content (AvgIpc) is 2.19. The van der Waals surface area contributed by atoms with E-state index in [1.807, 2.05) is 0 Å². The van der Waals surface area contributed by atoms with Crippen LogP contribution in [0.25, 0.3) is 0 Å². The molecular weight excluding hydrogens is 289 g/mol. The molecule has 0 aliphatic heterocycles. The molecule has 0 atom stereocenters. The summed E-state index contributed by atoms with van der Waals surface area (Å²) in [6, 6.07) is 2.19. The van der Waals surface area contributed by atoms with Crippen molar-refractivity contribution in [1.29, 1.82) is 0 Å². The first kappa shape index (κ1) is 15.2. The first-order chi connectivity index (χ1) is 8.69. The predicted molar refractivity (Wildman–Crippen MR) is 46.4 cm³/mol. The van der Waals surface area contributed by atoms with Crippen LogP contribution in [-0.2, 0) is 0 Å². The van der Waals surface area contributed by atoms with Crippen LogP contribution in [0.3, 0.4) is 0 Å². The molecule has 0 unspecified atom stereocenters. The van der Waals surface area contributed by atoms with E-state index in [2.05, 4.69) is 14.2 Å². The summed E-state index contributed by atoms with van der Waals surface area (Å²) >= 11 is 0. The Hall–Kier alpha value is -1.87. The van der Waals surface area contributed by atoms with Crippen LogP contribution in [0.2, 0.25) is 0 Å². The van der Waals surface area contributed by atoms with Crippen LogP contribution in [0, 0.1) is 0 Å². The highest BCUT2D eigenvalue weighted by Gasteiger charge is 2.34. The fourth-order valence-corrected chi connectivity index (χ4v) is 1.09. The fourth-order valence-electron chi connectivity index (χ4n) is 1.09. The second kappa shape index (κ2) is 5.85. The Labute approximate surface area is 101 Å². The third-order valence-electron chi connectivity index (χ3n) is 1.59. The molecule has 3 nitrogen and oxygen atoms in total. The molecule has 0 amide bonds. The minimum Gasteiger partial charge on any atom is -0.431 e. The second-order valence-electron chi connectivity index (χ2n) is 2.89. The lowest BCUT2D eigenvalue weighted by atomic mass is 10.3. The maximum Gasteiger partial charge on any atom is 0.573 e. The smallest absolute Gasteiger partial charge is 0.431 e. The summed E-state index contributed by atoms with van der Waals surface area (Å²) in [4.78, 5) is 0. The normalized spacial score (nSPS) is 11.8. The van der Waals surface area contributed by atoms with Crippen LogP contribution in [0.5, 0.6) is 17.2 Å². The topological polar surface area (TPSA) is 27.7 Å². The molecular formula is C9H5F7O3. The molecule has 1 aromatic carbocycles. The molecule has 0 aromatic heterocycles. The van der Waals surface area contributed by atoms with Crippen molar-refractivity contribution >= 4 is 0 Å². The Bertz CT molecular complexity index is 419. The van der Waals surface area contributed by atoms with Crippen molar-refractivity contribution < 1.29 is 44.9 Å². The minimum atomic E-state index is -5.20. The first-order valence-electron chi connectivity index (χ1n) is 4.47.